The normalized spacial score (nSPS) is 10.8. The fraction of sp³-hybridized carbons (Fsp3) is 0.286. The molecule has 0 saturated heterocycles. The van der Waals surface area contributed by atoms with Crippen LogP contribution in [0.4, 0.5) is 0 Å². The number of furan rings is 1. The first kappa shape index (κ1) is 13.1. The quantitative estimate of drug-likeness (QED) is 0.870. The molecular formula is C14H16ClNO2. The summed E-state index contributed by atoms with van der Waals surface area (Å²) >= 11 is 5.70. The molecule has 1 N–H and O–H groups in total. The number of hydrogen-bond donors (Lipinski definition) is 1. The van der Waals surface area contributed by atoms with Crippen molar-refractivity contribution in [3.8, 4) is 0 Å². The topological polar surface area (TPSA) is 34.4 Å². The lowest BCUT2D eigenvalue weighted by Gasteiger charge is -2.05. The van der Waals surface area contributed by atoms with Crippen molar-refractivity contribution in [2.24, 2.45) is 0 Å². The van der Waals surface area contributed by atoms with Gasteiger partial charge in [0.2, 0.25) is 0 Å². The summed E-state index contributed by atoms with van der Waals surface area (Å²) in [5.41, 5.74) is 2.40. The van der Waals surface area contributed by atoms with E-state index >= 15 is 0 Å². The predicted octanol–water partition coefficient (Wildman–Crippen LogP) is 3.37. The molecule has 0 aliphatic heterocycles. The highest BCUT2D eigenvalue weighted by Gasteiger charge is 2.00. The molecule has 1 heterocycles. The first-order chi connectivity index (χ1) is 8.78. The lowest BCUT2D eigenvalue weighted by Crippen LogP contribution is -2.12. The van der Waals surface area contributed by atoms with Crippen molar-refractivity contribution >= 4 is 11.6 Å². The second-order valence-electron chi connectivity index (χ2n) is 4.06. The summed E-state index contributed by atoms with van der Waals surface area (Å²) in [6, 6.07) is 11.9. The van der Waals surface area contributed by atoms with E-state index in [1.54, 1.807) is 13.2 Å². The monoisotopic (exact) mass is 265 g/mol. The number of halogens is 1. The van der Waals surface area contributed by atoms with Crippen LogP contribution >= 0.6 is 11.6 Å². The van der Waals surface area contributed by atoms with Crippen LogP contribution in [0.3, 0.4) is 0 Å². The van der Waals surface area contributed by atoms with Gasteiger partial charge >= 0.3 is 0 Å². The minimum atomic E-state index is 0.425. The zero-order valence-corrected chi connectivity index (χ0v) is 11.0. The van der Waals surface area contributed by atoms with E-state index in [0.29, 0.717) is 18.4 Å². The van der Waals surface area contributed by atoms with Gasteiger partial charge in [-0.3, -0.25) is 0 Å². The Morgan fingerprint density at radius 2 is 2.00 bits per heavy atom. The molecule has 0 aliphatic rings. The molecule has 96 valence electrons. The fourth-order valence-electron chi connectivity index (χ4n) is 1.77. The summed E-state index contributed by atoms with van der Waals surface area (Å²) in [7, 11) is 1.70. The van der Waals surface area contributed by atoms with E-state index < -0.39 is 0 Å². The molecular weight excluding hydrogens is 250 g/mol. The molecule has 2 aromatic rings. The summed E-state index contributed by atoms with van der Waals surface area (Å²) in [6.45, 7) is 2.10. The summed E-state index contributed by atoms with van der Waals surface area (Å²) < 4.78 is 10.4. The number of ether oxygens (including phenoxy) is 1. The van der Waals surface area contributed by atoms with Gasteiger partial charge in [0.05, 0.1) is 13.2 Å². The molecule has 0 spiro atoms. The van der Waals surface area contributed by atoms with E-state index in [1.807, 2.05) is 12.1 Å². The average Bonchev–Trinajstić information content (AvgIpc) is 2.76. The van der Waals surface area contributed by atoms with E-state index in [2.05, 4.69) is 23.5 Å². The van der Waals surface area contributed by atoms with E-state index in [-0.39, 0.29) is 0 Å². The Morgan fingerprint density at radius 1 is 1.17 bits per heavy atom. The molecule has 0 fully saturated rings. The van der Waals surface area contributed by atoms with E-state index in [0.717, 1.165) is 12.3 Å². The zero-order valence-electron chi connectivity index (χ0n) is 10.3. The molecule has 3 nitrogen and oxygen atoms in total. The van der Waals surface area contributed by atoms with Crippen molar-refractivity contribution in [2.45, 2.75) is 19.7 Å². The van der Waals surface area contributed by atoms with Crippen molar-refractivity contribution < 1.29 is 9.15 Å². The van der Waals surface area contributed by atoms with E-state index in [1.165, 1.54) is 11.1 Å². The molecule has 0 atom stereocenters. The van der Waals surface area contributed by atoms with Crippen molar-refractivity contribution in [1.82, 2.24) is 5.32 Å². The molecule has 0 amide bonds. The number of methoxy groups -OCH3 is 1. The van der Waals surface area contributed by atoms with Gasteiger partial charge in [-0.2, -0.15) is 0 Å². The first-order valence-electron chi connectivity index (χ1n) is 5.79. The maximum atomic E-state index is 5.70. The molecule has 0 unspecified atom stereocenters. The largest absolute Gasteiger partial charge is 0.448 e. The third-order valence-electron chi connectivity index (χ3n) is 2.56. The third kappa shape index (κ3) is 3.88. The molecule has 1 aromatic heterocycles. The van der Waals surface area contributed by atoms with Gasteiger partial charge in [-0.05, 0) is 34.9 Å². The number of benzene rings is 1. The Balaban J connectivity index is 1.84. The van der Waals surface area contributed by atoms with Crippen molar-refractivity contribution in [1.29, 1.82) is 0 Å². The Labute approximate surface area is 112 Å². The Hall–Kier alpha value is -1.29. The molecule has 2 rings (SSSR count). The van der Waals surface area contributed by atoms with Crippen LogP contribution in [0.1, 0.15) is 16.9 Å². The van der Waals surface area contributed by atoms with Gasteiger partial charge < -0.3 is 14.5 Å². The maximum Gasteiger partial charge on any atom is 0.193 e. The first-order valence-corrected chi connectivity index (χ1v) is 6.17. The van der Waals surface area contributed by atoms with Crippen LogP contribution in [0.5, 0.6) is 0 Å². The molecule has 0 bridgehead atoms. The van der Waals surface area contributed by atoms with E-state index in [9.17, 15) is 0 Å². The maximum absolute atomic E-state index is 5.70. The molecule has 0 aliphatic carbocycles. The third-order valence-corrected chi connectivity index (χ3v) is 2.76. The molecule has 18 heavy (non-hydrogen) atoms. The van der Waals surface area contributed by atoms with Gasteiger partial charge in [0, 0.05) is 13.7 Å². The second-order valence-corrected chi connectivity index (χ2v) is 4.43. The van der Waals surface area contributed by atoms with Gasteiger partial charge in [0.1, 0.15) is 5.76 Å². The van der Waals surface area contributed by atoms with Gasteiger partial charge in [-0.15, -0.1) is 0 Å². The minimum Gasteiger partial charge on any atom is -0.448 e. The van der Waals surface area contributed by atoms with Gasteiger partial charge in [0.15, 0.2) is 5.22 Å². The van der Waals surface area contributed by atoms with Gasteiger partial charge in [-0.25, -0.2) is 0 Å². The van der Waals surface area contributed by atoms with Crippen LogP contribution in [0, 0.1) is 0 Å². The van der Waals surface area contributed by atoms with Crippen LogP contribution in [0.25, 0.3) is 0 Å². The van der Waals surface area contributed by atoms with Crippen LogP contribution in [0.2, 0.25) is 5.22 Å². The zero-order chi connectivity index (χ0) is 12.8. The Morgan fingerprint density at radius 3 is 2.72 bits per heavy atom. The molecule has 0 radical (unpaired) electrons. The standard InChI is InChI=1S/C14H16ClNO2/c1-17-10-12-4-2-3-11(7-12)8-16-9-13-5-6-14(15)18-13/h2-7,16H,8-10H2,1H3. The highest BCUT2D eigenvalue weighted by Crippen LogP contribution is 2.13. The molecule has 0 saturated carbocycles. The summed E-state index contributed by atoms with van der Waals surface area (Å²) in [6.07, 6.45) is 0. The SMILES string of the molecule is COCc1cccc(CNCc2ccc(Cl)o2)c1. The van der Waals surface area contributed by atoms with Crippen molar-refractivity contribution in [2.75, 3.05) is 7.11 Å². The minimum absolute atomic E-state index is 0.425. The van der Waals surface area contributed by atoms with Crippen molar-refractivity contribution in [3.63, 3.8) is 0 Å². The Kier molecular flexibility index (Phi) is 4.81. The number of hydrogen-bond acceptors (Lipinski definition) is 3. The summed E-state index contributed by atoms with van der Waals surface area (Å²) in [5.74, 6) is 0.841. The average molecular weight is 266 g/mol. The highest BCUT2D eigenvalue weighted by atomic mass is 35.5. The van der Waals surface area contributed by atoms with Crippen molar-refractivity contribution in [3.05, 3.63) is 58.5 Å². The number of nitrogens with one attached hydrogen (secondary N) is 1. The second kappa shape index (κ2) is 6.59. The lowest BCUT2D eigenvalue weighted by molar-refractivity contribution is 0.185. The molecule has 4 heteroatoms. The predicted molar refractivity (Wildman–Crippen MR) is 71.4 cm³/mol. The summed E-state index contributed by atoms with van der Waals surface area (Å²) in [5, 5.41) is 3.73. The Bertz CT molecular complexity index is 496. The highest BCUT2D eigenvalue weighted by molar-refractivity contribution is 6.28. The fourth-order valence-corrected chi connectivity index (χ4v) is 1.93. The summed E-state index contributed by atoms with van der Waals surface area (Å²) in [4.78, 5) is 0. The molecule has 1 aromatic carbocycles. The van der Waals surface area contributed by atoms with Gasteiger partial charge in [-0.1, -0.05) is 24.3 Å². The van der Waals surface area contributed by atoms with Gasteiger partial charge in [0.25, 0.3) is 0 Å². The number of rotatable bonds is 6. The van der Waals surface area contributed by atoms with Crippen LogP contribution in [-0.2, 0) is 24.4 Å². The smallest absolute Gasteiger partial charge is 0.193 e. The van der Waals surface area contributed by atoms with Crippen LogP contribution < -0.4 is 5.32 Å². The van der Waals surface area contributed by atoms with Crippen LogP contribution in [0.15, 0.2) is 40.8 Å². The van der Waals surface area contributed by atoms with Crippen LogP contribution in [-0.4, -0.2) is 7.11 Å². The lowest BCUT2D eigenvalue weighted by atomic mass is 10.1. The van der Waals surface area contributed by atoms with E-state index in [4.69, 9.17) is 20.8 Å².